The molecule has 4 nitrogen and oxygen atoms in total. The number of hydrogen-bond donors (Lipinski definition) is 1. The van der Waals surface area contributed by atoms with Gasteiger partial charge in [-0.1, -0.05) is 26.8 Å². The van der Waals surface area contributed by atoms with Crippen LogP contribution >= 0.6 is 0 Å². The van der Waals surface area contributed by atoms with Crippen molar-refractivity contribution >= 4 is 5.97 Å². The number of carbonyl (C=O) groups excluding carboxylic acids is 1. The van der Waals surface area contributed by atoms with Gasteiger partial charge in [0.25, 0.3) is 0 Å². The highest BCUT2D eigenvalue weighted by Crippen LogP contribution is 2.18. The maximum Gasteiger partial charge on any atom is 0.356 e. The summed E-state index contributed by atoms with van der Waals surface area (Å²) < 4.78 is 5.14. The second kappa shape index (κ2) is 5.77. The number of rotatable bonds is 4. The first kappa shape index (κ1) is 13.6. The molecule has 0 radical (unpaired) electrons. The number of aromatic nitrogens is 1. The lowest BCUT2D eigenvalue weighted by Gasteiger charge is -2.17. The largest absolute Gasteiger partial charge is 0.461 e. The quantitative estimate of drug-likeness (QED) is 0.813. The van der Waals surface area contributed by atoms with Crippen molar-refractivity contribution in [1.82, 2.24) is 4.98 Å². The van der Waals surface area contributed by atoms with Gasteiger partial charge in [0.05, 0.1) is 6.61 Å². The molecule has 4 heteroatoms. The predicted molar refractivity (Wildman–Crippen MR) is 66.5 cm³/mol. The molecule has 1 aromatic rings. The molecule has 0 unspecified atom stereocenters. The Morgan fingerprint density at radius 2 is 2.12 bits per heavy atom. The van der Waals surface area contributed by atoms with Crippen molar-refractivity contribution in [2.75, 3.05) is 6.61 Å². The molecule has 0 aliphatic carbocycles. The summed E-state index contributed by atoms with van der Waals surface area (Å²) in [5.74, 6) is -0.377. The Balaban J connectivity index is 2.47. The molecular weight excluding hydrogens is 216 g/mol. The smallest absolute Gasteiger partial charge is 0.356 e. The highest BCUT2D eigenvalue weighted by Gasteiger charge is 2.13. The summed E-state index contributed by atoms with van der Waals surface area (Å²) in [4.78, 5) is 15.6. The Bertz CT molecular complexity index is 366. The Morgan fingerprint density at radius 3 is 2.59 bits per heavy atom. The van der Waals surface area contributed by atoms with E-state index in [0.717, 1.165) is 12.0 Å². The molecule has 0 atom stereocenters. The van der Waals surface area contributed by atoms with E-state index in [9.17, 15) is 4.79 Å². The highest BCUT2D eigenvalue weighted by molar-refractivity contribution is 5.87. The topological polar surface area (TPSA) is 65.2 Å². The zero-order chi connectivity index (χ0) is 12.9. The van der Waals surface area contributed by atoms with E-state index in [1.807, 2.05) is 0 Å². The van der Waals surface area contributed by atoms with Crippen molar-refractivity contribution in [1.29, 1.82) is 0 Å². The van der Waals surface area contributed by atoms with Gasteiger partial charge in [0, 0.05) is 12.7 Å². The molecule has 0 fully saturated rings. The van der Waals surface area contributed by atoms with Crippen LogP contribution in [0.25, 0.3) is 0 Å². The fourth-order valence-corrected chi connectivity index (χ4v) is 1.19. The van der Waals surface area contributed by atoms with Crippen molar-refractivity contribution in [3.63, 3.8) is 0 Å². The molecular formula is C13H20N2O2. The normalized spacial score (nSPS) is 11.3. The molecule has 0 bridgehead atoms. The Hall–Kier alpha value is -1.42. The summed E-state index contributed by atoms with van der Waals surface area (Å²) in [7, 11) is 0. The van der Waals surface area contributed by atoms with Crippen molar-refractivity contribution < 1.29 is 9.53 Å². The monoisotopic (exact) mass is 236 g/mol. The summed E-state index contributed by atoms with van der Waals surface area (Å²) in [5.41, 5.74) is 6.84. The van der Waals surface area contributed by atoms with Crippen LogP contribution in [0, 0.1) is 5.41 Å². The van der Waals surface area contributed by atoms with Gasteiger partial charge >= 0.3 is 5.97 Å². The van der Waals surface area contributed by atoms with Gasteiger partial charge < -0.3 is 10.5 Å². The molecule has 0 saturated heterocycles. The predicted octanol–water partition coefficient (Wildman–Crippen LogP) is 2.13. The van der Waals surface area contributed by atoms with Crippen LogP contribution in [0.3, 0.4) is 0 Å². The molecule has 0 aromatic carbocycles. The van der Waals surface area contributed by atoms with Crippen LogP contribution in [0.4, 0.5) is 0 Å². The van der Waals surface area contributed by atoms with E-state index in [1.165, 1.54) is 0 Å². The molecule has 0 aliphatic heterocycles. The third-order valence-electron chi connectivity index (χ3n) is 2.35. The molecule has 0 aliphatic rings. The first-order chi connectivity index (χ1) is 7.92. The average molecular weight is 236 g/mol. The van der Waals surface area contributed by atoms with Crippen molar-refractivity contribution in [2.24, 2.45) is 11.1 Å². The first-order valence-corrected chi connectivity index (χ1v) is 5.74. The summed E-state index contributed by atoms with van der Waals surface area (Å²) in [6.07, 6.45) is 2.43. The number of nitrogens with zero attached hydrogens (tertiary/aromatic N) is 1. The number of ether oxygens (including phenoxy) is 1. The molecule has 1 rings (SSSR count). The summed E-state index contributed by atoms with van der Waals surface area (Å²) in [6, 6.07) is 3.43. The lowest BCUT2D eigenvalue weighted by molar-refractivity contribution is 0.0458. The maximum atomic E-state index is 11.6. The van der Waals surface area contributed by atoms with Crippen LogP contribution in [-0.2, 0) is 11.3 Å². The lowest BCUT2D eigenvalue weighted by atomic mass is 9.93. The molecule has 17 heavy (non-hydrogen) atoms. The van der Waals surface area contributed by atoms with Gasteiger partial charge in [-0.3, -0.25) is 0 Å². The second-order valence-electron chi connectivity index (χ2n) is 5.20. The average Bonchev–Trinajstić information content (AvgIpc) is 2.27. The summed E-state index contributed by atoms with van der Waals surface area (Å²) in [5, 5.41) is 0. The van der Waals surface area contributed by atoms with Crippen molar-refractivity contribution in [3.8, 4) is 0 Å². The van der Waals surface area contributed by atoms with E-state index in [2.05, 4.69) is 25.8 Å². The summed E-state index contributed by atoms with van der Waals surface area (Å²) in [6.45, 7) is 7.16. The minimum atomic E-state index is -0.377. The molecule has 1 aromatic heterocycles. The van der Waals surface area contributed by atoms with Crippen LogP contribution in [0.2, 0.25) is 0 Å². The minimum Gasteiger partial charge on any atom is -0.461 e. The van der Waals surface area contributed by atoms with Gasteiger partial charge in [-0.05, 0) is 23.5 Å². The third-order valence-corrected chi connectivity index (χ3v) is 2.35. The van der Waals surface area contributed by atoms with E-state index in [-0.39, 0.29) is 11.4 Å². The zero-order valence-corrected chi connectivity index (χ0v) is 10.7. The fraction of sp³-hybridized carbons (Fsp3) is 0.538. The van der Waals surface area contributed by atoms with E-state index in [1.54, 1.807) is 18.3 Å². The van der Waals surface area contributed by atoms with Gasteiger partial charge in [0.15, 0.2) is 0 Å². The maximum absolute atomic E-state index is 11.6. The van der Waals surface area contributed by atoms with E-state index < -0.39 is 0 Å². The van der Waals surface area contributed by atoms with E-state index in [0.29, 0.717) is 18.8 Å². The van der Waals surface area contributed by atoms with Crippen molar-refractivity contribution in [3.05, 3.63) is 29.6 Å². The first-order valence-electron chi connectivity index (χ1n) is 5.74. The van der Waals surface area contributed by atoms with E-state index in [4.69, 9.17) is 10.5 Å². The van der Waals surface area contributed by atoms with Gasteiger partial charge in [-0.2, -0.15) is 0 Å². The van der Waals surface area contributed by atoms with Crippen LogP contribution < -0.4 is 5.73 Å². The molecule has 1 heterocycles. The van der Waals surface area contributed by atoms with Crippen LogP contribution in [0.5, 0.6) is 0 Å². The molecule has 2 N–H and O–H groups in total. The van der Waals surface area contributed by atoms with Gasteiger partial charge in [-0.25, -0.2) is 9.78 Å². The van der Waals surface area contributed by atoms with Gasteiger partial charge in [0.1, 0.15) is 5.69 Å². The van der Waals surface area contributed by atoms with Crippen LogP contribution in [0.1, 0.15) is 43.2 Å². The molecule has 0 spiro atoms. The Labute approximate surface area is 102 Å². The highest BCUT2D eigenvalue weighted by atomic mass is 16.5. The standard InChI is InChI=1S/C13H20N2O2/c1-13(2,3)6-7-17-12(16)11-5-4-10(8-14)9-15-11/h4-5,9H,6-8,14H2,1-3H3. The minimum absolute atomic E-state index is 0.164. The van der Waals surface area contributed by atoms with Gasteiger partial charge in [-0.15, -0.1) is 0 Å². The van der Waals surface area contributed by atoms with E-state index >= 15 is 0 Å². The Morgan fingerprint density at radius 1 is 1.41 bits per heavy atom. The second-order valence-corrected chi connectivity index (χ2v) is 5.20. The Kier molecular flexibility index (Phi) is 4.63. The summed E-state index contributed by atoms with van der Waals surface area (Å²) >= 11 is 0. The molecule has 0 saturated carbocycles. The van der Waals surface area contributed by atoms with Crippen LogP contribution in [-0.4, -0.2) is 17.6 Å². The number of pyridine rings is 1. The van der Waals surface area contributed by atoms with Crippen LogP contribution in [0.15, 0.2) is 18.3 Å². The number of nitrogens with two attached hydrogens (primary N) is 1. The molecule has 94 valence electrons. The zero-order valence-electron chi connectivity index (χ0n) is 10.7. The lowest BCUT2D eigenvalue weighted by Crippen LogP contribution is -2.14. The van der Waals surface area contributed by atoms with Crippen molar-refractivity contribution in [2.45, 2.75) is 33.7 Å². The SMILES string of the molecule is CC(C)(C)CCOC(=O)c1ccc(CN)cn1. The number of hydrogen-bond acceptors (Lipinski definition) is 4. The third kappa shape index (κ3) is 4.95. The number of esters is 1. The molecule has 0 amide bonds. The number of carbonyl (C=O) groups is 1. The fourth-order valence-electron chi connectivity index (χ4n) is 1.19. The van der Waals surface area contributed by atoms with Gasteiger partial charge in [0.2, 0.25) is 0 Å².